The lowest BCUT2D eigenvalue weighted by molar-refractivity contribution is -0.119. The first-order valence-electron chi connectivity index (χ1n) is 5.92. The molecule has 0 saturated carbocycles. The zero-order chi connectivity index (χ0) is 11.5. The van der Waals surface area contributed by atoms with Crippen molar-refractivity contribution in [3.8, 4) is 0 Å². The summed E-state index contributed by atoms with van der Waals surface area (Å²) in [5, 5.41) is 3.04. The van der Waals surface area contributed by atoms with Gasteiger partial charge in [0.2, 0.25) is 5.91 Å². The van der Waals surface area contributed by atoms with Crippen LogP contribution in [0.15, 0.2) is 0 Å². The number of hydrogen-bond donors (Lipinski definition) is 1. The summed E-state index contributed by atoms with van der Waals surface area (Å²) in [4.78, 5) is 13.5. The van der Waals surface area contributed by atoms with E-state index in [1.807, 2.05) is 0 Å². The molecule has 1 N–H and O–H groups in total. The summed E-state index contributed by atoms with van der Waals surface area (Å²) < 4.78 is 0. The van der Waals surface area contributed by atoms with Gasteiger partial charge in [-0.2, -0.15) is 0 Å². The second kappa shape index (κ2) is 4.97. The van der Waals surface area contributed by atoms with Crippen LogP contribution >= 0.6 is 0 Å². The van der Waals surface area contributed by atoms with E-state index in [0.717, 1.165) is 19.5 Å². The first-order chi connectivity index (χ1) is 6.89. The zero-order valence-corrected chi connectivity index (χ0v) is 10.5. The van der Waals surface area contributed by atoms with E-state index in [1.165, 1.54) is 12.8 Å². The van der Waals surface area contributed by atoms with Crippen molar-refractivity contribution < 1.29 is 4.79 Å². The molecule has 3 heteroatoms. The molecule has 0 aromatic heterocycles. The zero-order valence-electron chi connectivity index (χ0n) is 10.5. The highest BCUT2D eigenvalue weighted by atomic mass is 16.1. The van der Waals surface area contributed by atoms with Gasteiger partial charge in [-0.15, -0.1) is 0 Å². The monoisotopic (exact) mass is 212 g/mol. The number of carbonyl (C=O) groups excluding carboxylic acids is 1. The highest BCUT2D eigenvalue weighted by Gasteiger charge is 2.26. The van der Waals surface area contributed by atoms with Crippen molar-refractivity contribution in [2.45, 2.75) is 58.5 Å². The van der Waals surface area contributed by atoms with Crippen LogP contribution in [-0.2, 0) is 4.79 Å². The van der Waals surface area contributed by atoms with Crippen LogP contribution in [0.5, 0.6) is 0 Å². The van der Waals surface area contributed by atoms with Gasteiger partial charge in [0.1, 0.15) is 0 Å². The Kier molecular flexibility index (Phi) is 4.14. The highest BCUT2D eigenvalue weighted by molar-refractivity contribution is 5.73. The Morgan fingerprint density at radius 3 is 2.53 bits per heavy atom. The molecule has 0 aliphatic carbocycles. The molecule has 1 aliphatic rings. The number of hydrogen-bond acceptors (Lipinski definition) is 2. The van der Waals surface area contributed by atoms with E-state index < -0.39 is 0 Å². The van der Waals surface area contributed by atoms with Crippen molar-refractivity contribution in [1.29, 1.82) is 0 Å². The normalized spacial score (nSPS) is 24.7. The molecule has 1 fully saturated rings. The third kappa shape index (κ3) is 4.20. The molecule has 1 amide bonds. The average Bonchev–Trinajstić information content (AvgIpc) is 2.27. The van der Waals surface area contributed by atoms with E-state index in [2.05, 4.69) is 31.0 Å². The molecule has 1 aliphatic heterocycles. The topological polar surface area (TPSA) is 32.3 Å². The molecular formula is C12H24N2O. The van der Waals surface area contributed by atoms with Gasteiger partial charge in [0, 0.05) is 25.0 Å². The summed E-state index contributed by atoms with van der Waals surface area (Å²) in [7, 11) is 0. The lowest BCUT2D eigenvalue weighted by Crippen LogP contribution is -2.48. The van der Waals surface area contributed by atoms with Crippen molar-refractivity contribution in [2.24, 2.45) is 0 Å². The highest BCUT2D eigenvalue weighted by Crippen LogP contribution is 2.19. The Morgan fingerprint density at radius 1 is 1.33 bits per heavy atom. The largest absolute Gasteiger partial charge is 0.352 e. The summed E-state index contributed by atoms with van der Waals surface area (Å²) in [5.41, 5.74) is 0.209. The van der Waals surface area contributed by atoms with Gasteiger partial charge in [-0.05, 0) is 40.2 Å². The van der Waals surface area contributed by atoms with Gasteiger partial charge in [-0.25, -0.2) is 0 Å². The molecular weight excluding hydrogens is 188 g/mol. The number of likely N-dealkylation sites (tertiary alicyclic amines) is 1. The van der Waals surface area contributed by atoms with Crippen LogP contribution in [0, 0.1) is 0 Å². The van der Waals surface area contributed by atoms with Crippen molar-refractivity contribution in [3.63, 3.8) is 0 Å². The predicted molar refractivity (Wildman–Crippen MR) is 62.8 cm³/mol. The van der Waals surface area contributed by atoms with Crippen LogP contribution in [-0.4, -0.2) is 35.5 Å². The SMILES string of the molecule is CC(=O)NC1CCCCN(C(C)(C)C)C1. The Balaban J connectivity index is 2.57. The van der Waals surface area contributed by atoms with Crippen LogP contribution in [0.1, 0.15) is 47.0 Å². The molecule has 1 saturated heterocycles. The van der Waals surface area contributed by atoms with Gasteiger partial charge in [0.05, 0.1) is 0 Å². The fourth-order valence-corrected chi connectivity index (χ4v) is 2.16. The number of nitrogens with zero attached hydrogens (tertiary/aromatic N) is 1. The van der Waals surface area contributed by atoms with Gasteiger partial charge in [-0.3, -0.25) is 9.69 Å². The number of amides is 1. The van der Waals surface area contributed by atoms with Gasteiger partial charge in [0.15, 0.2) is 0 Å². The number of rotatable bonds is 1. The average molecular weight is 212 g/mol. The van der Waals surface area contributed by atoms with Crippen LogP contribution in [0.25, 0.3) is 0 Å². The van der Waals surface area contributed by atoms with Crippen LogP contribution in [0.4, 0.5) is 0 Å². The molecule has 1 unspecified atom stereocenters. The fourth-order valence-electron chi connectivity index (χ4n) is 2.16. The maximum absolute atomic E-state index is 11.1. The minimum absolute atomic E-state index is 0.0933. The molecule has 0 aromatic rings. The Bertz CT molecular complexity index is 220. The summed E-state index contributed by atoms with van der Waals surface area (Å²) in [6.07, 6.45) is 3.58. The molecule has 3 nitrogen and oxygen atoms in total. The van der Waals surface area contributed by atoms with Crippen molar-refractivity contribution in [3.05, 3.63) is 0 Å². The summed E-state index contributed by atoms with van der Waals surface area (Å²) >= 11 is 0. The maximum atomic E-state index is 11.1. The van der Waals surface area contributed by atoms with Crippen molar-refractivity contribution in [1.82, 2.24) is 10.2 Å². The first kappa shape index (κ1) is 12.5. The third-order valence-corrected chi connectivity index (χ3v) is 3.03. The van der Waals surface area contributed by atoms with E-state index >= 15 is 0 Å². The van der Waals surface area contributed by atoms with Crippen molar-refractivity contribution in [2.75, 3.05) is 13.1 Å². The molecule has 88 valence electrons. The van der Waals surface area contributed by atoms with E-state index in [-0.39, 0.29) is 11.4 Å². The molecule has 1 atom stereocenters. The van der Waals surface area contributed by atoms with Crippen LogP contribution in [0.3, 0.4) is 0 Å². The van der Waals surface area contributed by atoms with E-state index in [9.17, 15) is 4.79 Å². The molecule has 0 radical (unpaired) electrons. The smallest absolute Gasteiger partial charge is 0.217 e. The van der Waals surface area contributed by atoms with Crippen LogP contribution in [0.2, 0.25) is 0 Å². The lowest BCUT2D eigenvalue weighted by atomic mass is 10.1. The second-order valence-corrected chi connectivity index (χ2v) is 5.51. The van der Waals surface area contributed by atoms with Gasteiger partial charge < -0.3 is 5.32 Å². The summed E-state index contributed by atoms with van der Waals surface area (Å²) in [6.45, 7) is 10.5. The van der Waals surface area contributed by atoms with Crippen molar-refractivity contribution >= 4 is 5.91 Å². The molecule has 1 rings (SSSR count). The lowest BCUT2D eigenvalue weighted by Gasteiger charge is -2.36. The minimum Gasteiger partial charge on any atom is -0.352 e. The second-order valence-electron chi connectivity index (χ2n) is 5.51. The molecule has 0 spiro atoms. The standard InChI is InChI=1S/C12H24N2O/c1-10(15)13-11-7-5-6-8-14(9-11)12(2,3)4/h11H,5-9H2,1-4H3,(H,13,15). The molecule has 15 heavy (non-hydrogen) atoms. The molecule has 0 aromatic carbocycles. The van der Waals surface area contributed by atoms with E-state index in [4.69, 9.17) is 0 Å². The van der Waals surface area contributed by atoms with Crippen LogP contribution < -0.4 is 5.32 Å². The van der Waals surface area contributed by atoms with Gasteiger partial charge in [-0.1, -0.05) is 6.42 Å². The summed E-state index contributed by atoms with van der Waals surface area (Å²) in [5.74, 6) is 0.0933. The summed E-state index contributed by atoms with van der Waals surface area (Å²) in [6, 6.07) is 0.337. The number of nitrogens with one attached hydrogen (secondary N) is 1. The Morgan fingerprint density at radius 2 is 2.00 bits per heavy atom. The number of carbonyl (C=O) groups is 1. The third-order valence-electron chi connectivity index (χ3n) is 3.03. The Hall–Kier alpha value is -0.570. The van der Waals surface area contributed by atoms with E-state index in [1.54, 1.807) is 6.92 Å². The Labute approximate surface area is 93.2 Å². The quantitative estimate of drug-likeness (QED) is 0.718. The van der Waals surface area contributed by atoms with Gasteiger partial charge >= 0.3 is 0 Å². The van der Waals surface area contributed by atoms with E-state index in [0.29, 0.717) is 6.04 Å². The fraction of sp³-hybridized carbons (Fsp3) is 0.917. The molecule has 0 bridgehead atoms. The van der Waals surface area contributed by atoms with Gasteiger partial charge in [0.25, 0.3) is 0 Å². The predicted octanol–water partition coefficient (Wildman–Crippen LogP) is 1.78. The minimum atomic E-state index is 0.0933. The molecule has 1 heterocycles. The first-order valence-corrected chi connectivity index (χ1v) is 5.92. The maximum Gasteiger partial charge on any atom is 0.217 e.